The number of carbonyl (C=O) groups is 1. The van der Waals surface area contributed by atoms with E-state index < -0.39 is 28.5 Å². The van der Waals surface area contributed by atoms with Crippen molar-refractivity contribution in [3.8, 4) is 5.69 Å². The summed E-state index contributed by atoms with van der Waals surface area (Å²) in [4.78, 5) is 52.5. The third-order valence-corrected chi connectivity index (χ3v) is 6.78. The van der Waals surface area contributed by atoms with E-state index in [0.717, 1.165) is 4.57 Å². The van der Waals surface area contributed by atoms with E-state index in [1.807, 2.05) is 0 Å². The summed E-state index contributed by atoms with van der Waals surface area (Å²) in [5.41, 5.74) is -0.960. The van der Waals surface area contributed by atoms with Gasteiger partial charge in [0.15, 0.2) is 0 Å². The number of aryl methyl sites for hydroxylation is 1. The molecule has 1 aliphatic rings. The Labute approximate surface area is 223 Å². The first-order valence-electron chi connectivity index (χ1n) is 11.8. The summed E-state index contributed by atoms with van der Waals surface area (Å²) in [5, 5.41) is 14.6. The van der Waals surface area contributed by atoms with Crippen LogP contribution >= 0.6 is 15.9 Å². The Balaban J connectivity index is 1.80. The number of anilines is 3. The maximum Gasteiger partial charge on any atom is 0.337 e. The summed E-state index contributed by atoms with van der Waals surface area (Å²) >= 11 is 3.21. The van der Waals surface area contributed by atoms with Crippen molar-refractivity contribution in [3.63, 3.8) is 0 Å². The maximum absolute atomic E-state index is 14.7. The molecule has 2 aromatic carbocycles. The summed E-state index contributed by atoms with van der Waals surface area (Å²) in [5.74, 6) is -1.02. The predicted molar refractivity (Wildman–Crippen MR) is 145 cm³/mol. The summed E-state index contributed by atoms with van der Waals surface area (Å²) in [6.07, 6.45) is 1.19. The molecular formula is C26H23BrFN5O5. The molecular weight excluding hydrogens is 561 g/mol. The van der Waals surface area contributed by atoms with Crippen molar-refractivity contribution in [1.29, 1.82) is 0 Å². The van der Waals surface area contributed by atoms with E-state index in [-0.39, 0.29) is 41.5 Å². The topological polar surface area (TPSA) is 127 Å². The second-order valence-corrected chi connectivity index (χ2v) is 9.92. The molecule has 2 heterocycles. The molecule has 1 amide bonds. The summed E-state index contributed by atoms with van der Waals surface area (Å²) < 4.78 is 18.8. The lowest BCUT2D eigenvalue weighted by molar-refractivity contribution is -0.116. The maximum atomic E-state index is 14.7. The monoisotopic (exact) mass is 583 g/mol. The molecule has 0 unspecified atom stereocenters. The van der Waals surface area contributed by atoms with Gasteiger partial charge >= 0.3 is 5.69 Å². The second kappa shape index (κ2) is 10.0. The van der Waals surface area contributed by atoms with Crippen LogP contribution in [0.1, 0.15) is 25.3 Å². The SMILES string of the molecule is Cn1c(=O)cc(Nc2ccc(Br)cc2F)c2c(=O)n(C3CC3)c(=O)n(-c3cccc(NC(=O)CCO)c3)c21. The van der Waals surface area contributed by atoms with Crippen LogP contribution in [0.5, 0.6) is 0 Å². The number of benzene rings is 2. The van der Waals surface area contributed by atoms with Crippen molar-refractivity contribution >= 4 is 49.9 Å². The Hall–Kier alpha value is -4.03. The minimum absolute atomic E-state index is 0.0169. The lowest BCUT2D eigenvalue weighted by atomic mass is 10.2. The van der Waals surface area contributed by atoms with E-state index in [0.29, 0.717) is 28.7 Å². The van der Waals surface area contributed by atoms with Crippen molar-refractivity contribution in [1.82, 2.24) is 13.7 Å². The average molecular weight is 584 g/mol. The molecule has 38 heavy (non-hydrogen) atoms. The van der Waals surface area contributed by atoms with Gasteiger partial charge in [-0.05, 0) is 49.2 Å². The van der Waals surface area contributed by atoms with Gasteiger partial charge in [0.25, 0.3) is 11.1 Å². The third-order valence-electron chi connectivity index (χ3n) is 6.29. The van der Waals surface area contributed by atoms with Gasteiger partial charge in [-0.25, -0.2) is 13.8 Å². The summed E-state index contributed by atoms with van der Waals surface area (Å²) in [6.45, 7) is -0.321. The van der Waals surface area contributed by atoms with Crippen LogP contribution in [0.3, 0.4) is 0 Å². The minimum Gasteiger partial charge on any atom is -0.396 e. The minimum atomic E-state index is -0.634. The number of aromatic nitrogens is 3. The van der Waals surface area contributed by atoms with Crippen LogP contribution in [-0.2, 0) is 11.8 Å². The standard InChI is InChI=1S/C26H23BrFN5O5/c1-31-22(36)13-20(30-19-8-5-14(27)11-18(19)28)23-24(31)32(26(38)33(25(23)37)16-6-7-16)17-4-2-3-15(12-17)29-21(35)9-10-34/h2-5,8,11-13,16,30,34H,6-7,9-10H2,1H3,(H,29,35). The predicted octanol–water partition coefficient (Wildman–Crippen LogP) is 3.15. The molecule has 3 N–H and O–H groups in total. The molecule has 0 aliphatic heterocycles. The molecule has 0 atom stereocenters. The number of amides is 1. The fourth-order valence-corrected chi connectivity index (χ4v) is 4.67. The Morgan fingerprint density at radius 2 is 1.87 bits per heavy atom. The van der Waals surface area contributed by atoms with Crippen molar-refractivity contribution < 1.29 is 14.3 Å². The number of halogens is 2. The Morgan fingerprint density at radius 1 is 1.11 bits per heavy atom. The quantitative estimate of drug-likeness (QED) is 0.307. The number of hydrogen-bond donors (Lipinski definition) is 3. The lowest BCUT2D eigenvalue weighted by Crippen LogP contribution is -2.41. The van der Waals surface area contributed by atoms with E-state index in [1.165, 1.54) is 40.4 Å². The zero-order chi connectivity index (χ0) is 27.1. The van der Waals surface area contributed by atoms with Gasteiger partial charge in [0, 0.05) is 29.3 Å². The van der Waals surface area contributed by atoms with Crippen molar-refractivity contribution in [2.75, 3.05) is 17.2 Å². The van der Waals surface area contributed by atoms with Crippen LogP contribution in [0.15, 0.2) is 67.4 Å². The van der Waals surface area contributed by atoms with Gasteiger partial charge in [-0.2, -0.15) is 0 Å². The molecule has 5 rings (SSSR count). The second-order valence-electron chi connectivity index (χ2n) is 9.00. The van der Waals surface area contributed by atoms with Crippen LogP contribution in [0.4, 0.5) is 21.5 Å². The number of fused-ring (bicyclic) bond motifs is 1. The largest absolute Gasteiger partial charge is 0.396 e. The number of hydrogen-bond acceptors (Lipinski definition) is 6. The number of pyridine rings is 1. The van der Waals surface area contributed by atoms with Gasteiger partial charge in [0.2, 0.25) is 5.91 Å². The van der Waals surface area contributed by atoms with E-state index >= 15 is 0 Å². The molecule has 1 aliphatic carbocycles. The normalized spacial score (nSPS) is 13.1. The molecule has 1 fully saturated rings. The molecule has 1 saturated carbocycles. The molecule has 12 heteroatoms. The first-order valence-corrected chi connectivity index (χ1v) is 12.6. The van der Waals surface area contributed by atoms with Gasteiger partial charge in [-0.3, -0.25) is 23.5 Å². The third kappa shape index (κ3) is 4.68. The number of rotatable bonds is 7. The van der Waals surface area contributed by atoms with Crippen LogP contribution < -0.4 is 27.4 Å². The summed E-state index contributed by atoms with van der Waals surface area (Å²) in [7, 11) is 1.44. The van der Waals surface area contributed by atoms with Gasteiger partial charge in [0.05, 0.1) is 30.1 Å². The molecule has 10 nitrogen and oxygen atoms in total. The highest BCUT2D eigenvalue weighted by Gasteiger charge is 2.31. The fourth-order valence-electron chi connectivity index (χ4n) is 4.33. The van der Waals surface area contributed by atoms with Gasteiger partial charge < -0.3 is 15.7 Å². The molecule has 196 valence electrons. The average Bonchev–Trinajstić information content (AvgIpc) is 3.69. The highest BCUT2D eigenvalue weighted by Crippen LogP contribution is 2.34. The van der Waals surface area contributed by atoms with Crippen LogP contribution in [0.25, 0.3) is 16.7 Å². The van der Waals surface area contributed by atoms with Crippen molar-refractivity contribution in [3.05, 3.63) is 90.0 Å². The van der Waals surface area contributed by atoms with Gasteiger partial charge in [-0.1, -0.05) is 22.0 Å². The van der Waals surface area contributed by atoms with Crippen LogP contribution in [0.2, 0.25) is 0 Å². The van der Waals surface area contributed by atoms with Crippen LogP contribution in [0, 0.1) is 5.82 Å². The Bertz CT molecular complexity index is 1770. The number of aliphatic hydroxyl groups excluding tert-OH is 1. The van der Waals surface area contributed by atoms with E-state index in [2.05, 4.69) is 26.6 Å². The van der Waals surface area contributed by atoms with Gasteiger partial charge in [-0.15, -0.1) is 0 Å². The molecule has 0 bridgehead atoms. The number of aliphatic hydroxyl groups is 1. The van der Waals surface area contributed by atoms with Crippen molar-refractivity contribution in [2.24, 2.45) is 7.05 Å². The number of carbonyl (C=O) groups excluding carboxylic acids is 1. The molecule has 0 spiro atoms. The number of nitrogens with zero attached hydrogens (tertiary/aromatic N) is 3. The van der Waals surface area contributed by atoms with Gasteiger partial charge in [0.1, 0.15) is 16.9 Å². The highest BCUT2D eigenvalue weighted by atomic mass is 79.9. The van der Waals surface area contributed by atoms with E-state index in [1.54, 1.807) is 24.3 Å². The first-order chi connectivity index (χ1) is 18.2. The van der Waals surface area contributed by atoms with Crippen molar-refractivity contribution in [2.45, 2.75) is 25.3 Å². The van der Waals surface area contributed by atoms with E-state index in [9.17, 15) is 23.6 Å². The lowest BCUT2D eigenvalue weighted by Gasteiger charge is -2.19. The zero-order valence-corrected chi connectivity index (χ0v) is 21.8. The zero-order valence-electron chi connectivity index (χ0n) is 20.2. The first kappa shape index (κ1) is 25.6. The Morgan fingerprint density at radius 3 is 2.55 bits per heavy atom. The Kier molecular flexibility index (Phi) is 6.76. The molecule has 2 aromatic heterocycles. The molecule has 4 aromatic rings. The molecule has 0 saturated heterocycles. The van der Waals surface area contributed by atoms with Crippen LogP contribution in [-0.4, -0.2) is 31.3 Å². The number of nitrogens with one attached hydrogen (secondary N) is 2. The smallest absolute Gasteiger partial charge is 0.337 e. The summed E-state index contributed by atoms with van der Waals surface area (Å²) in [6, 6.07) is 11.6. The fraction of sp³-hybridized carbons (Fsp3) is 0.231. The molecule has 0 radical (unpaired) electrons. The van der Waals surface area contributed by atoms with E-state index in [4.69, 9.17) is 5.11 Å². The highest BCUT2D eigenvalue weighted by molar-refractivity contribution is 9.10.